The Bertz CT molecular complexity index is 525. The highest BCUT2D eigenvalue weighted by atomic mass is 32.2. The highest BCUT2D eigenvalue weighted by molar-refractivity contribution is 8.00. The molecule has 1 aromatic rings. The van der Waals surface area contributed by atoms with Crippen LogP contribution in [0.2, 0.25) is 0 Å². The zero-order chi connectivity index (χ0) is 12.0. The van der Waals surface area contributed by atoms with E-state index in [1.54, 1.807) is 11.8 Å². The van der Waals surface area contributed by atoms with Crippen LogP contribution in [0.3, 0.4) is 0 Å². The minimum atomic E-state index is -0.408. The van der Waals surface area contributed by atoms with E-state index >= 15 is 0 Å². The molecule has 1 atom stereocenters. The zero-order valence-corrected chi connectivity index (χ0v) is 10.3. The van der Waals surface area contributed by atoms with Gasteiger partial charge in [0.15, 0.2) is 5.82 Å². The van der Waals surface area contributed by atoms with Crippen molar-refractivity contribution in [1.82, 2.24) is 20.1 Å². The molecule has 17 heavy (non-hydrogen) atoms. The van der Waals surface area contributed by atoms with Crippen molar-refractivity contribution in [1.29, 1.82) is 0 Å². The van der Waals surface area contributed by atoms with Crippen molar-refractivity contribution in [3.8, 4) is 0 Å². The van der Waals surface area contributed by atoms with Crippen LogP contribution in [0.5, 0.6) is 0 Å². The predicted octanol–water partition coefficient (Wildman–Crippen LogP) is 0.277. The van der Waals surface area contributed by atoms with Gasteiger partial charge in [-0.2, -0.15) is 5.10 Å². The van der Waals surface area contributed by atoms with E-state index in [9.17, 15) is 9.59 Å². The number of carbonyl (C=O) groups is 2. The molecule has 1 saturated heterocycles. The molecule has 0 saturated carbocycles. The first-order valence-electron chi connectivity index (χ1n) is 4.94. The largest absolute Gasteiger partial charge is 0.295 e. The Morgan fingerprint density at radius 1 is 1.65 bits per heavy atom. The van der Waals surface area contributed by atoms with Crippen LogP contribution in [0.25, 0.3) is 5.57 Å². The number of nitrogens with zero attached hydrogens (tertiary/aromatic N) is 3. The fourth-order valence-electron chi connectivity index (χ4n) is 1.95. The first-order valence-corrected chi connectivity index (χ1v) is 6.44. The fraction of sp³-hybridized carbons (Fsp3) is 0.333. The average Bonchev–Trinajstić information content (AvgIpc) is 2.79. The maximum atomic E-state index is 11.6. The van der Waals surface area contributed by atoms with Gasteiger partial charge in [0, 0.05) is 11.3 Å². The van der Waals surface area contributed by atoms with Crippen molar-refractivity contribution < 1.29 is 9.59 Å². The Kier molecular flexibility index (Phi) is 2.48. The van der Waals surface area contributed by atoms with Gasteiger partial charge in [-0.25, -0.2) is 4.98 Å². The minimum absolute atomic E-state index is 0.0448. The molecule has 1 aromatic heterocycles. The first kappa shape index (κ1) is 10.8. The molecule has 0 radical (unpaired) electrons. The van der Waals surface area contributed by atoms with Crippen LogP contribution >= 0.6 is 24.4 Å². The molecular formula is C9H8N4O2S2. The number of hydrogen-bond acceptors (Lipinski definition) is 5. The monoisotopic (exact) mass is 268 g/mol. The lowest BCUT2D eigenvalue weighted by Crippen LogP contribution is -2.53. The second-order valence-corrected chi connectivity index (χ2v) is 5.27. The van der Waals surface area contributed by atoms with E-state index in [1.807, 2.05) is 0 Å². The SMILES string of the molecule is O=C(S)C1=C(c2ncn[nH]2)CS[C@@H]2CC(=O)N12. The van der Waals surface area contributed by atoms with Gasteiger partial charge in [0.05, 0.1) is 11.8 Å². The molecule has 3 rings (SSSR count). The molecule has 1 amide bonds. The summed E-state index contributed by atoms with van der Waals surface area (Å²) in [6, 6.07) is 0. The van der Waals surface area contributed by atoms with E-state index < -0.39 is 5.12 Å². The third-order valence-electron chi connectivity index (χ3n) is 2.76. The maximum absolute atomic E-state index is 11.6. The second-order valence-electron chi connectivity index (χ2n) is 3.70. The van der Waals surface area contributed by atoms with Crippen LogP contribution < -0.4 is 0 Å². The summed E-state index contributed by atoms with van der Waals surface area (Å²) in [7, 11) is 0. The quantitative estimate of drug-likeness (QED) is 0.595. The Hall–Kier alpha value is -1.28. The minimum Gasteiger partial charge on any atom is -0.295 e. The number of carbonyl (C=O) groups excluding carboxylic acids is 2. The lowest BCUT2D eigenvalue weighted by atomic mass is 10.1. The number of rotatable bonds is 2. The average molecular weight is 268 g/mol. The Labute approximate surface area is 106 Å². The molecule has 88 valence electrons. The number of nitrogens with one attached hydrogen (secondary N) is 1. The summed E-state index contributed by atoms with van der Waals surface area (Å²) in [4.78, 5) is 28.6. The van der Waals surface area contributed by atoms with Gasteiger partial charge in [-0.15, -0.1) is 11.8 Å². The van der Waals surface area contributed by atoms with Gasteiger partial charge in [0.2, 0.25) is 11.0 Å². The Balaban J connectivity index is 2.11. The summed E-state index contributed by atoms with van der Waals surface area (Å²) >= 11 is 5.46. The van der Waals surface area contributed by atoms with Gasteiger partial charge < -0.3 is 0 Å². The van der Waals surface area contributed by atoms with E-state index in [1.165, 1.54) is 11.2 Å². The number of amides is 1. The summed E-state index contributed by atoms with van der Waals surface area (Å²) in [6.45, 7) is 0. The van der Waals surface area contributed by atoms with Crippen molar-refractivity contribution in [3.63, 3.8) is 0 Å². The number of thioether (sulfide) groups is 1. The van der Waals surface area contributed by atoms with Crippen molar-refractivity contribution in [2.45, 2.75) is 11.8 Å². The molecule has 0 aromatic carbocycles. The number of aromatic nitrogens is 3. The van der Waals surface area contributed by atoms with Crippen LogP contribution in [0.1, 0.15) is 12.2 Å². The molecular weight excluding hydrogens is 260 g/mol. The molecule has 1 N–H and O–H groups in total. The molecule has 2 aliphatic heterocycles. The standard InChI is InChI=1S/C9H8N4O2S2/c14-5-1-6-13(5)7(9(15)16)4(2-17-6)8-10-3-11-12-8/h3,6H,1-2H2,(H,15,16)(H,10,11,12)/t6-/m1/s1. The number of hydrogen-bond donors (Lipinski definition) is 2. The summed E-state index contributed by atoms with van der Waals surface area (Å²) in [5.41, 5.74) is 1.03. The van der Waals surface area contributed by atoms with E-state index in [-0.39, 0.29) is 11.3 Å². The van der Waals surface area contributed by atoms with Crippen LogP contribution in [0, 0.1) is 0 Å². The second kappa shape index (κ2) is 3.88. The first-order chi connectivity index (χ1) is 8.18. The van der Waals surface area contributed by atoms with Crippen LogP contribution in [-0.2, 0) is 9.59 Å². The molecule has 0 aliphatic carbocycles. The highest BCUT2D eigenvalue weighted by Gasteiger charge is 2.45. The Morgan fingerprint density at radius 3 is 3.06 bits per heavy atom. The predicted molar refractivity (Wildman–Crippen MR) is 65.0 cm³/mol. The molecule has 1 fully saturated rings. The number of thiol groups is 1. The number of β-lactam (4-membered cyclic amide) rings is 1. The molecule has 0 bridgehead atoms. The molecule has 2 aliphatic rings. The number of H-pyrrole nitrogens is 1. The molecule has 3 heterocycles. The van der Waals surface area contributed by atoms with Gasteiger partial charge in [-0.1, -0.05) is 12.6 Å². The number of aromatic amines is 1. The normalized spacial score (nSPS) is 23.5. The van der Waals surface area contributed by atoms with Gasteiger partial charge in [0.1, 0.15) is 12.0 Å². The topological polar surface area (TPSA) is 79.0 Å². The Morgan fingerprint density at radius 2 is 2.47 bits per heavy atom. The maximum Gasteiger partial charge on any atom is 0.233 e. The van der Waals surface area contributed by atoms with Crippen LogP contribution in [0.15, 0.2) is 12.0 Å². The van der Waals surface area contributed by atoms with Crippen molar-refractivity contribution in [2.24, 2.45) is 0 Å². The lowest BCUT2D eigenvalue weighted by molar-refractivity contribution is -0.140. The summed E-state index contributed by atoms with van der Waals surface area (Å²) in [5, 5.41) is 6.12. The third kappa shape index (κ3) is 1.59. The van der Waals surface area contributed by atoms with E-state index in [4.69, 9.17) is 0 Å². The van der Waals surface area contributed by atoms with Gasteiger partial charge in [-0.05, 0) is 0 Å². The summed E-state index contributed by atoms with van der Waals surface area (Å²) in [6.07, 6.45) is 1.86. The highest BCUT2D eigenvalue weighted by Crippen LogP contribution is 2.42. The molecule has 0 spiro atoms. The molecule has 6 nitrogen and oxygen atoms in total. The van der Waals surface area contributed by atoms with Crippen LogP contribution in [0.4, 0.5) is 0 Å². The zero-order valence-electron chi connectivity index (χ0n) is 8.58. The lowest BCUT2D eigenvalue weighted by Gasteiger charge is -2.44. The van der Waals surface area contributed by atoms with Gasteiger partial charge in [-0.3, -0.25) is 19.6 Å². The van der Waals surface area contributed by atoms with E-state index in [0.29, 0.717) is 29.3 Å². The van der Waals surface area contributed by atoms with Crippen LogP contribution in [-0.4, -0.2) is 42.2 Å². The molecule has 8 heteroatoms. The summed E-state index contributed by atoms with van der Waals surface area (Å²) in [5.74, 6) is 1.11. The van der Waals surface area contributed by atoms with Crippen molar-refractivity contribution in [3.05, 3.63) is 17.8 Å². The van der Waals surface area contributed by atoms with Crippen molar-refractivity contribution in [2.75, 3.05) is 5.75 Å². The third-order valence-corrected chi connectivity index (χ3v) is 4.19. The number of fused-ring (bicyclic) bond motifs is 1. The van der Waals surface area contributed by atoms with E-state index in [2.05, 4.69) is 27.8 Å². The van der Waals surface area contributed by atoms with E-state index in [0.717, 1.165) is 0 Å². The smallest absolute Gasteiger partial charge is 0.233 e. The van der Waals surface area contributed by atoms with Crippen molar-refractivity contribution >= 4 is 41.0 Å². The fourth-order valence-corrected chi connectivity index (χ4v) is 3.45. The molecule has 0 unspecified atom stereocenters. The summed E-state index contributed by atoms with van der Waals surface area (Å²) < 4.78 is 0. The van der Waals surface area contributed by atoms with Gasteiger partial charge in [0.25, 0.3) is 0 Å². The van der Waals surface area contributed by atoms with Gasteiger partial charge >= 0.3 is 0 Å².